The van der Waals surface area contributed by atoms with Crippen molar-refractivity contribution in [3.05, 3.63) is 12.2 Å². The molecule has 0 aromatic carbocycles. The van der Waals surface area contributed by atoms with E-state index in [0.29, 0.717) is 6.54 Å². The van der Waals surface area contributed by atoms with Crippen LogP contribution in [0.5, 0.6) is 0 Å². The van der Waals surface area contributed by atoms with Crippen LogP contribution in [0, 0.1) is 5.92 Å². The maximum Gasteiger partial charge on any atom is 0.253 e. The Morgan fingerprint density at radius 1 is 1.22 bits per heavy atom. The van der Waals surface area contributed by atoms with Crippen molar-refractivity contribution in [1.29, 1.82) is 0 Å². The first-order chi connectivity index (χ1) is 8.16. The number of nitrogens with zero attached hydrogens (tertiary/aromatic N) is 2. The van der Waals surface area contributed by atoms with Gasteiger partial charge in [-0.1, -0.05) is 0 Å². The summed E-state index contributed by atoms with van der Waals surface area (Å²) in [5.41, 5.74) is -0.792. The third kappa shape index (κ3) is 1.87. The van der Waals surface area contributed by atoms with Gasteiger partial charge in [0.25, 0.3) is 11.8 Å². The van der Waals surface area contributed by atoms with Gasteiger partial charge >= 0.3 is 0 Å². The van der Waals surface area contributed by atoms with Gasteiger partial charge in [0.1, 0.15) is 0 Å². The molecule has 0 spiro atoms. The first-order valence-electron chi connectivity index (χ1n) is 6.19. The molecule has 2 aliphatic rings. The second kappa shape index (κ2) is 3.90. The van der Waals surface area contributed by atoms with Crippen molar-refractivity contribution in [2.45, 2.75) is 45.2 Å². The minimum absolute atomic E-state index is 0.0605. The zero-order valence-electron chi connectivity index (χ0n) is 11.3. The molecule has 1 fully saturated rings. The van der Waals surface area contributed by atoms with Gasteiger partial charge in [0.15, 0.2) is 0 Å². The van der Waals surface area contributed by atoms with Gasteiger partial charge in [-0.3, -0.25) is 14.5 Å². The van der Waals surface area contributed by atoms with E-state index in [1.165, 1.54) is 22.1 Å². The molecular weight excluding hydrogens is 232 g/mol. The highest BCUT2D eigenvalue weighted by atomic mass is 16.5. The fourth-order valence-corrected chi connectivity index (χ4v) is 3.01. The molecule has 2 amide bonds. The zero-order valence-corrected chi connectivity index (χ0v) is 11.3. The van der Waals surface area contributed by atoms with E-state index in [0.717, 1.165) is 6.42 Å². The molecule has 100 valence electrons. The van der Waals surface area contributed by atoms with Crippen LogP contribution in [0.4, 0.5) is 0 Å². The van der Waals surface area contributed by atoms with Crippen LogP contribution in [0.25, 0.3) is 0 Å². The molecule has 5 nitrogen and oxygen atoms in total. The predicted molar refractivity (Wildman–Crippen MR) is 65.8 cm³/mol. The van der Waals surface area contributed by atoms with Crippen LogP contribution >= 0.6 is 0 Å². The van der Waals surface area contributed by atoms with Gasteiger partial charge in [0, 0.05) is 29.8 Å². The minimum atomic E-state index is -0.452. The predicted octanol–water partition coefficient (Wildman–Crippen LogP) is 1.18. The summed E-state index contributed by atoms with van der Waals surface area (Å²) in [6, 6.07) is 0. The van der Waals surface area contributed by atoms with Gasteiger partial charge in [-0.05, 0) is 40.0 Å². The fraction of sp³-hybridized carbons (Fsp3) is 0.692. The molecule has 0 aromatic rings. The summed E-state index contributed by atoms with van der Waals surface area (Å²) in [5.74, 6) is -0.458. The molecule has 0 aromatic heterocycles. The molecule has 2 rings (SSSR count). The van der Waals surface area contributed by atoms with Crippen molar-refractivity contribution in [3.63, 3.8) is 0 Å². The normalized spacial score (nSPS) is 30.5. The van der Waals surface area contributed by atoms with Crippen LogP contribution in [0.2, 0.25) is 0 Å². The number of carbonyl (C=O) groups excluding carboxylic acids is 2. The summed E-state index contributed by atoms with van der Waals surface area (Å²) >= 11 is 0. The Hall–Kier alpha value is -1.20. The van der Waals surface area contributed by atoms with Crippen molar-refractivity contribution >= 4 is 11.8 Å². The van der Waals surface area contributed by atoms with Gasteiger partial charge in [-0.25, -0.2) is 0 Å². The van der Waals surface area contributed by atoms with E-state index < -0.39 is 5.54 Å². The zero-order chi connectivity index (χ0) is 13.7. The van der Waals surface area contributed by atoms with Crippen LogP contribution in [-0.2, 0) is 9.59 Å². The second-order valence-electron chi connectivity index (χ2n) is 6.30. The molecular formula is C13H20N2O3. The first-order valence-corrected chi connectivity index (χ1v) is 6.19. The molecule has 0 unspecified atom stereocenters. The second-order valence-corrected chi connectivity index (χ2v) is 6.30. The molecule has 0 saturated carbocycles. The Balaban J connectivity index is 2.16. The van der Waals surface area contributed by atoms with E-state index in [1.54, 1.807) is 0 Å². The lowest BCUT2D eigenvalue weighted by Gasteiger charge is -2.36. The highest BCUT2D eigenvalue weighted by Gasteiger charge is 2.52. The van der Waals surface area contributed by atoms with Crippen LogP contribution in [0.15, 0.2) is 12.2 Å². The number of carbonyl (C=O) groups is 2. The smallest absolute Gasteiger partial charge is 0.253 e. The Morgan fingerprint density at radius 3 is 2.11 bits per heavy atom. The summed E-state index contributed by atoms with van der Waals surface area (Å²) < 4.78 is 0. The summed E-state index contributed by atoms with van der Waals surface area (Å²) in [4.78, 5) is 24.4. The third-order valence-electron chi connectivity index (χ3n) is 4.17. The molecule has 18 heavy (non-hydrogen) atoms. The first kappa shape index (κ1) is 13.2. The van der Waals surface area contributed by atoms with Gasteiger partial charge in [0.2, 0.25) is 0 Å². The van der Waals surface area contributed by atoms with E-state index >= 15 is 0 Å². The largest absolute Gasteiger partial charge is 0.313 e. The van der Waals surface area contributed by atoms with Crippen LogP contribution in [0.3, 0.4) is 0 Å². The monoisotopic (exact) mass is 252 g/mol. The van der Waals surface area contributed by atoms with E-state index in [9.17, 15) is 14.8 Å². The lowest BCUT2D eigenvalue weighted by atomic mass is 9.86. The summed E-state index contributed by atoms with van der Waals surface area (Å²) in [7, 11) is 0. The quantitative estimate of drug-likeness (QED) is 0.750. The van der Waals surface area contributed by atoms with Gasteiger partial charge < -0.3 is 5.21 Å². The van der Waals surface area contributed by atoms with Crippen LogP contribution < -0.4 is 0 Å². The molecule has 2 aliphatic heterocycles. The molecule has 1 atom stereocenters. The van der Waals surface area contributed by atoms with E-state index in [1.807, 2.05) is 27.7 Å². The number of imide groups is 1. The van der Waals surface area contributed by atoms with E-state index in [-0.39, 0.29) is 23.3 Å². The van der Waals surface area contributed by atoms with Crippen LogP contribution in [-0.4, -0.2) is 44.6 Å². The molecule has 2 heterocycles. The minimum Gasteiger partial charge on any atom is -0.313 e. The topological polar surface area (TPSA) is 60.9 Å². The number of amides is 2. The van der Waals surface area contributed by atoms with Crippen molar-refractivity contribution in [2.24, 2.45) is 5.92 Å². The SMILES string of the molecule is CC1(C)C[C@H](CN2C(=O)C=CC2=O)C(C)(C)N1O. The Morgan fingerprint density at radius 2 is 1.72 bits per heavy atom. The molecule has 1 N–H and O–H groups in total. The van der Waals surface area contributed by atoms with Gasteiger partial charge in [-0.15, -0.1) is 0 Å². The van der Waals surface area contributed by atoms with Crippen molar-refractivity contribution < 1.29 is 14.8 Å². The molecule has 1 saturated heterocycles. The standard InChI is InChI=1S/C13H20N2O3/c1-12(2)7-9(13(3,4)15(12)18)8-14-10(16)5-6-11(14)17/h5-6,9,18H,7-8H2,1-4H3/t9-/m1/s1. The van der Waals surface area contributed by atoms with Gasteiger partial charge in [-0.2, -0.15) is 5.06 Å². The fourth-order valence-electron chi connectivity index (χ4n) is 3.01. The molecule has 0 radical (unpaired) electrons. The number of hydrogen-bond acceptors (Lipinski definition) is 4. The number of rotatable bonds is 2. The maximum atomic E-state index is 11.6. The summed E-state index contributed by atoms with van der Waals surface area (Å²) in [6.45, 7) is 8.15. The summed E-state index contributed by atoms with van der Waals surface area (Å²) in [5, 5.41) is 11.5. The Bertz CT molecular complexity index is 408. The lowest BCUT2D eigenvalue weighted by Crippen LogP contribution is -2.49. The summed E-state index contributed by atoms with van der Waals surface area (Å²) in [6.07, 6.45) is 3.34. The van der Waals surface area contributed by atoms with Gasteiger partial charge in [0.05, 0.1) is 0 Å². The van der Waals surface area contributed by atoms with Crippen LogP contribution in [0.1, 0.15) is 34.1 Å². The highest BCUT2D eigenvalue weighted by Crippen LogP contribution is 2.43. The van der Waals surface area contributed by atoms with E-state index in [2.05, 4.69) is 0 Å². The Kier molecular flexibility index (Phi) is 2.87. The number of hydrogen-bond donors (Lipinski definition) is 1. The average Bonchev–Trinajstić information content (AvgIpc) is 2.64. The lowest BCUT2D eigenvalue weighted by molar-refractivity contribution is -0.197. The van der Waals surface area contributed by atoms with Crippen molar-refractivity contribution in [1.82, 2.24) is 9.96 Å². The van der Waals surface area contributed by atoms with E-state index in [4.69, 9.17) is 0 Å². The molecule has 0 bridgehead atoms. The third-order valence-corrected chi connectivity index (χ3v) is 4.17. The van der Waals surface area contributed by atoms with Crippen molar-refractivity contribution in [2.75, 3.05) is 6.54 Å². The molecule has 0 aliphatic carbocycles. The maximum absolute atomic E-state index is 11.6. The number of hydroxylamine groups is 2. The van der Waals surface area contributed by atoms with Crippen molar-refractivity contribution in [3.8, 4) is 0 Å². The molecule has 5 heteroatoms. The average molecular weight is 252 g/mol. The highest BCUT2D eigenvalue weighted by molar-refractivity contribution is 6.12. The Labute approximate surface area is 107 Å².